The summed E-state index contributed by atoms with van der Waals surface area (Å²) in [5.41, 5.74) is -1.57. The fourth-order valence-corrected chi connectivity index (χ4v) is 1.30. The number of carboxylic acid groups (broad SMARTS) is 1. The summed E-state index contributed by atoms with van der Waals surface area (Å²) in [6.45, 7) is 1.37. The van der Waals surface area contributed by atoms with Gasteiger partial charge in [0.15, 0.2) is 0 Å². The number of benzene rings is 1. The van der Waals surface area contributed by atoms with E-state index < -0.39 is 11.6 Å². The molecule has 0 radical (unpaired) electrons. The van der Waals surface area contributed by atoms with Gasteiger partial charge in [-0.05, 0) is 19.1 Å². The standard InChI is InChI=1S/C12H15NO4/c1-12(11(15)16,8-10(14)13-2)17-9-6-4-3-5-7-9/h3-7H,8H2,1-2H3,(H,13,14)(H,15,16). The van der Waals surface area contributed by atoms with E-state index in [9.17, 15) is 9.59 Å². The van der Waals surface area contributed by atoms with Crippen LogP contribution in [0.5, 0.6) is 5.75 Å². The van der Waals surface area contributed by atoms with Gasteiger partial charge in [0, 0.05) is 7.05 Å². The molecule has 1 aromatic carbocycles. The van der Waals surface area contributed by atoms with Crippen molar-refractivity contribution in [2.75, 3.05) is 7.05 Å². The Kier molecular flexibility index (Phi) is 4.09. The number of rotatable bonds is 5. The Labute approximate surface area is 99.4 Å². The number of carbonyl (C=O) groups is 2. The third-order valence-electron chi connectivity index (χ3n) is 2.32. The summed E-state index contributed by atoms with van der Waals surface area (Å²) in [6, 6.07) is 8.55. The highest BCUT2D eigenvalue weighted by molar-refractivity contribution is 5.86. The number of amides is 1. The second-order valence-electron chi connectivity index (χ2n) is 3.80. The molecular weight excluding hydrogens is 222 g/mol. The first-order valence-electron chi connectivity index (χ1n) is 5.16. The minimum absolute atomic E-state index is 0.242. The van der Waals surface area contributed by atoms with Crippen molar-refractivity contribution in [1.29, 1.82) is 0 Å². The molecule has 1 amide bonds. The molecule has 0 heterocycles. The molecule has 0 aliphatic rings. The van der Waals surface area contributed by atoms with Crippen LogP contribution in [0, 0.1) is 0 Å². The van der Waals surface area contributed by atoms with Crippen LogP contribution >= 0.6 is 0 Å². The fraction of sp³-hybridized carbons (Fsp3) is 0.333. The number of carboxylic acids is 1. The van der Waals surface area contributed by atoms with Crippen molar-refractivity contribution >= 4 is 11.9 Å². The second-order valence-corrected chi connectivity index (χ2v) is 3.80. The van der Waals surface area contributed by atoms with Gasteiger partial charge in [0.1, 0.15) is 5.75 Å². The summed E-state index contributed by atoms with van der Waals surface area (Å²) in [5, 5.41) is 11.5. The molecule has 5 nitrogen and oxygen atoms in total. The van der Waals surface area contributed by atoms with Gasteiger partial charge in [0.25, 0.3) is 0 Å². The van der Waals surface area contributed by atoms with Gasteiger partial charge < -0.3 is 15.2 Å². The predicted molar refractivity (Wildman–Crippen MR) is 61.8 cm³/mol. The number of carbonyl (C=O) groups excluding carboxylic acids is 1. The largest absolute Gasteiger partial charge is 0.478 e. The van der Waals surface area contributed by atoms with E-state index in [2.05, 4.69) is 5.32 Å². The van der Waals surface area contributed by atoms with Crippen LogP contribution in [0.25, 0.3) is 0 Å². The first kappa shape index (κ1) is 13.0. The lowest BCUT2D eigenvalue weighted by Crippen LogP contribution is -2.45. The molecular formula is C12H15NO4. The van der Waals surface area contributed by atoms with Gasteiger partial charge in [0.2, 0.25) is 11.5 Å². The highest BCUT2D eigenvalue weighted by atomic mass is 16.5. The maximum atomic E-state index is 11.3. The van der Waals surface area contributed by atoms with Crippen LogP contribution in [-0.2, 0) is 9.59 Å². The third-order valence-corrected chi connectivity index (χ3v) is 2.32. The maximum Gasteiger partial charge on any atom is 0.348 e. The summed E-state index contributed by atoms with van der Waals surface area (Å²) in [6.07, 6.45) is -0.242. The smallest absolute Gasteiger partial charge is 0.348 e. The SMILES string of the molecule is CNC(=O)CC(C)(Oc1ccccc1)C(=O)O. The highest BCUT2D eigenvalue weighted by Gasteiger charge is 2.38. The summed E-state index contributed by atoms with van der Waals surface area (Å²) in [5.74, 6) is -1.14. The van der Waals surface area contributed by atoms with Crippen molar-refractivity contribution in [3.63, 3.8) is 0 Å². The summed E-state index contributed by atoms with van der Waals surface area (Å²) < 4.78 is 5.38. The highest BCUT2D eigenvalue weighted by Crippen LogP contribution is 2.21. The summed E-state index contributed by atoms with van der Waals surface area (Å²) in [4.78, 5) is 22.4. The van der Waals surface area contributed by atoms with Gasteiger partial charge in [-0.15, -0.1) is 0 Å². The van der Waals surface area contributed by atoms with E-state index in [1.165, 1.54) is 14.0 Å². The van der Waals surface area contributed by atoms with Gasteiger partial charge in [-0.25, -0.2) is 4.79 Å². The van der Waals surface area contributed by atoms with Gasteiger partial charge in [-0.1, -0.05) is 18.2 Å². The van der Waals surface area contributed by atoms with Gasteiger partial charge in [0.05, 0.1) is 6.42 Å². The van der Waals surface area contributed by atoms with Gasteiger partial charge in [-0.3, -0.25) is 4.79 Å². The molecule has 0 bridgehead atoms. The zero-order valence-corrected chi connectivity index (χ0v) is 9.77. The Hall–Kier alpha value is -2.04. The van der Waals surface area contributed by atoms with Crippen molar-refractivity contribution in [2.45, 2.75) is 18.9 Å². The third kappa shape index (κ3) is 3.48. The molecule has 5 heteroatoms. The molecule has 0 aromatic heterocycles. The predicted octanol–water partition coefficient (Wildman–Crippen LogP) is 1.04. The molecule has 0 fully saturated rings. The van der Waals surface area contributed by atoms with E-state index in [1.807, 2.05) is 0 Å². The van der Waals surface area contributed by atoms with Gasteiger partial charge in [-0.2, -0.15) is 0 Å². The van der Waals surface area contributed by atoms with Crippen molar-refractivity contribution in [3.05, 3.63) is 30.3 Å². The van der Waals surface area contributed by atoms with E-state index in [-0.39, 0.29) is 12.3 Å². The van der Waals surface area contributed by atoms with Crippen LogP contribution in [0.4, 0.5) is 0 Å². The summed E-state index contributed by atoms with van der Waals surface area (Å²) in [7, 11) is 1.45. The van der Waals surface area contributed by atoms with E-state index in [4.69, 9.17) is 9.84 Å². The molecule has 0 saturated heterocycles. The average Bonchev–Trinajstić information content (AvgIpc) is 2.29. The monoisotopic (exact) mass is 237 g/mol. The van der Waals surface area contributed by atoms with Crippen molar-refractivity contribution < 1.29 is 19.4 Å². The number of nitrogens with one attached hydrogen (secondary N) is 1. The Morgan fingerprint density at radius 2 is 1.94 bits per heavy atom. The molecule has 1 aromatic rings. The molecule has 0 aliphatic carbocycles. The molecule has 1 rings (SSSR count). The Morgan fingerprint density at radius 1 is 1.35 bits per heavy atom. The van der Waals surface area contributed by atoms with Crippen molar-refractivity contribution in [1.82, 2.24) is 5.32 Å². The number of aliphatic carboxylic acids is 1. The quantitative estimate of drug-likeness (QED) is 0.802. The molecule has 92 valence electrons. The number of hydrogen-bond acceptors (Lipinski definition) is 3. The lowest BCUT2D eigenvalue weighted by molar-refractivity contribution is -0.156. The first-order chi connectivity index (χ1) is 7.98. The molecule has 0 saturated carbocycles. The minimum Gasteiger partial charge on any atom is -0.478 e. The van der Waals surface area contributed by atoms with Crippen LogP contribution in [0.15, 0.2) is 30.3 Å². The van der Waals surface area contributed by atoms with Crippen LogP contribution in [-0.4, -0.2) is 29.6 Å². The first-order valence-corrected chi connectivity index (χ1v) is 5.16. The second kappa shape index (κ2) is 5.34. The van der Waals surface area contributed by atoms with Crippen LogP contribution < -0.4 is 10.1 Å². The Bertz CT molecular complexity index is 404. The lowest BCUT2D eigenvalue weighted by atomic mass is 10.0. The van der Waals surface area contributed by atoms with Crippen LogP contribution in [0.2, 0.25) is 0 Å². The molecule has 1 unspecified atom stereocenters. The van der Waals surface area contributed by atoms with Crippen LogP contribution in [0.1, 0.15) is 13.3 Å². The van der Waals surface area contributed by atoms with Crippen molar-refractivity contribution in [3.8, 4) is 5.75 Å². The maximum absolute atomic E-state index is 11.3. The minimum atomic E-state index is -1.57. The number of ether oxygens (including phenoxy) is 1. The van der Waals surface area contributed by atoms with Crippen LogP contribution in [0.3, 0.4) is 0 Å². The zero-order valence-electron chi connectivity index (χ0n) is 9.77. The molecule has 0 spiro atoms. The number of hydrogen-bond donors (Lipinski definition) is 2. The van der Waals surface area contributed by atoms with E-state index in [0.717, 1.165) is 0 Å². The number of para-hydroxylation sites is 1. The molecule has 2 N–H and O–H groups in total. The van der Waals surface area contributed by atoms with E-state index in [0.29, 0.717) is 5.75 Å². The Balaban J connectivity index is 2.86. The molecule has 0 aliphatic heterocycles. The molecule has 17 heavy (non-hydrogen) atoms. The molecule has 1 atom stereocenters. The normalized spacial score (nSPS) is 13.5. The zero-order chi connectivity index (χ0) is 12.9. The topological polar surface area (TPSA) is 75.6 Å². The van der Waals surface area contributed by atoms with E-state index in [1.54, 1.807) is 30.3 Å². The average molecular weight is 237 g/mol. The lowest BCUT2D eigenvalue weighted by Gasteiger charge is -2.25. The Morgan fingerprint density at radius 3 is 2.41 bits per heavy atom. The van der Waals surface area contributed by atoms with E-state index >= 15 is 0 Å². The van der Waals surface area contributed by atoms with Gasteiger partial charge >= 0.3 is 5.97 Å². The summed E-state index contributed by atoms with van der Waals surface area (Å²) >= 11 is 0. The van der Waals surface area contributed by atoms with Crippen molar-refractivity contribution in [2.24, 2.45) is 0 Å². The fourth-order valence-electron chi connectivity index (χ4n) is 1.30.